The minimum absolute atomic E-state index is 0.00114. The third kappa shape index (κ3) is 9.37. The number of aliphatic hydroxyl groups excluding tert-OH is 2. The smallest absolute Gasteiger partial charge is 0.312 e. The van der Waals surface area contributed by atoms with Crippen molar-refractivity contribution in [2.45, 2.75) is 85.6 Å². The Labute approximate surface area is 360 Å². The molecule has 3 aromatic rings. The maximum Gasteiger partial charge on any atom is 0.312 e. The lowest BCUT2D eigenvalue weighted by atomic mass is 9.78. The van der Waals surface area contributed by atoms with Crippen molar-refractivity contribution >= 4 is 45.7 Å². The van der Waals surface area contributed by atoms with Gasteiger partial charge in [0.1, 0.15) is 29.1 Å². The number of ether oxygens (including phenoxy) is 5. The van der Waals surface area contributed by atoms with E-state index in [1.54, 1.807) is 39.8 Å². The topological polar surface area (TPSA) is 231 Å². The molecule has 334 valence electrons. The number of amides is 2. The number of esters is 1. The summed E-state index contributed by atoms with van der Waals surface area (Å²) in [6, 6.07) is 7.09. The first kappa shape index (κ1) is 47.0. The number of carbonyl (C=O) groups is 4. The summed E-state index contributed by atoms with van der Waals surface area (Å²) in [6.45, 7) is 11.8. The van der Waals surface area contributed by atoms with Crippen molar-refractivity contribution in [3.05, 3.63) is 77.6 Å². The fraction of sp³-hybridized carbons (Fsp3) is 0.435. The molecule has 0 spiro atoms. The molecule has 3 aliphatic rings. The molecule has 0 aromatic heterocycles. The molecule has 6 rings (SSSR count). The van der Waals surface area contributed by atoms with E-state index < -0.39 is 95.5 Å². The van der Waals surface area contributed by atoms with Crippen LogP contribution < -0.4 is 19.7 Å². The second kappa shape index (κ2) is 18.9. The lowest BCUT2D eigenvalue weighted by molar-refractivity contribution is -0.160. The van der Waals surface area contributed by atoms with E-state index >= 15 is 0 Å². The highest BCUT2D eigenvalue weighted by Gasteiger charge is 2.50. The van der Waals surface area contributed by atoms with E-state index in [-0.39, 0.29) is 50.4 Å². The summed E-state index contributed by atoms with van der Waals surface area (Å²) in [4.78, 5) is 55.2. The minimum atomic E-state index is -2.06. The fourth-order valence-electron chi connectivity index (χ4n) is 7.81. The van der Waals surface area contributed by atoms with Crippen LogP contribution in [0.5, 0.6) is 28.7 Å². The Morgan fingerprint density at radius 2 is 1.58 bits per heavy atom. The van der Waals surface area contributed by atoms with Gasteiger partial charge in [-0.05, 0) is 44.2 Å². The number of anilines is 2. The van der Waals surface area contributed by atoms with Crippen LogP contribution >= 0.6 is 0 Å². The monoisotopic (exact) mass is 860 g/mol. The van der Waals surface area contributed by atoms with Crippen molar-refractivity contribution in [1.82, 2.24) is 0 Å². The van der Waals surface area contributed by atoms with Gasteiger partial charge in [-0.2, -0.15) is 0 Å². The van der Waals surface area contributed by atoms with Crippen molar-refractivity contribution in [1.29, 1.82) is 0 Å². The Kier molecular flexibility index (Phi) is 14.3. The molecule has 6 N–H and O–H groups in total. The van der Waals surface area contributed by atoms with Crippen LogP contribution in [0.4, 0.5) is 11.4 Å². The van der Waals surface area contributed by atoms with E-state index in [1.807, 2.05) is 0 Å². The number of nitrogens with zero attached hydrogens (tertiary/aromatic N) is 1. The van der Waals surface area contributed by atoms with Crippen molar-refractivity contribution in [3.8, 4) is 28.7 Å². The molecular weight excluding hydrogens is 805 g/mol. The lowest BCUT2D eigenvalue weighted by Crippen LogP contribution is -2.46. The van der Waals surface area contributed by atoms with E-state index in [0.29, 0.717) is 5.69 Å². The molecule has 5 bridgehead atoms. The molecule has 0 aliphatic carbocycles. The van der Waals surface area contributed by atoms with Gasteiger partial charge in [0.15, 0.2) is 12.4 Å². The molecule has 3 aromatic carbocycles. The minimum Gasteiger partial charge on any atom is -0.508 e. The lowest BCUT2D eigenvalue weighted by Gasteiger charge is -2.38. The first-order valence-electron chi connectivity index (χ1n) is 20.2. The number of fused-ring (bicyclic) bond motifs is 14. The Hall–Kier alpha value is -6.10. The maximum absolute atomic E-state index is 14.5. The van der Waals surface area contributed by atoms with Crippen LogP contribution in [0.1, 0.15) is 64.4 Å². The highest BCUT2D eigenvalue weighted by atomic mass is 16.7. The average Bonchev–Trinajstić information content (AvgIpc) is 3.50. The molecule has 16 heteroatoms. The maximum atomic E-state index is 14.5. The number of allylic oxidation sites excluding steroid dienone is 2. The summed E-state index contributed by atoms with van der Waals surface area (Å²) in [5.74, 6) is -8.60. The van der Waals surface area contributed by atoms with Crippen molar-refractivity contribution in [3.63, 3.8) is 0 Å². The van der Waals surface area contributed by atoms with Gasteiger partial charge in [0.2, 0.25) is 0 Å². The summed E-state index contributed by atoms with van der Waals surface area (Å²) in [6.07, 6.45) is 3.43. The number of benzene rings is 3. The van der Waals surface area contributed by atoms with E-state index in [2.05, 4.69) is 5.32 Å². The molecule has 3 aliphatic heterocycles. The van der Waals surface area contributed by atoms with Gasteiger partial charge in [0.25, 0.3) is 17.6 Å². The second-order valence-electron chi connectivity index (χ2n) is 16.2. The predicted octanol–water partition coefficient (Wildman–Crippen LogP) is 5.80. The summed E-state index contributed by atoms with van der Waals surface area (Å²) in [7, 11) is 2.92. The Morgan fingerprint density at radius 1 is 0.919 bits per heavy atom. The van der Waals surface area contributed by atoms with Gasteiger partial charge < -0.3 is 59.4 Å². The number of nitrogens with one attached hydrogen (secondary N) is 1. The first-order valence-corrected chi connectivity index (χ1v) is 20.2. The van der Waals surface area contributed by atoms with Crippen molar-refractivity contribution < 1.29 is 68.4 Å². The standard InChI is InChI=1S/C46H56N2O14/c1-22-12-11-13-23(2)45(57)47-31-20-33(59-21-34(51)48(9)29-14-16-30(50)17-15-29)35-36(41(31)55)40(54)27(6)43-37(35)44(56)46(8,62-43)60-19-18-32(58-10)24(3)42(61-28(7)49)26(5)39(53)25(4)38(22)52/h11-20,22,24-26,32,38-39,42,50,52-55H,21H2,1-10H3,(H,47,57)/b12-11?,19-18-,23-13-. The summed E-state index contributed by atoms with van der Waals surface area (Å²) in [5.41, 5.74) is 0.270. The average molecular weight is 861 g/mol. The highest BCUT2D eigenvalue weighted by molar-refractivity contribution is 6.21. The predicted molar refractivity (Wildman–Crippen MR) is 229 cm³/mol. The fourth-order valence-corrected chi connectivity index (χ4v) is 7.81. The zero-order chi connectivity index (χ0) is 46.0. The number of phenolic OH excluding ortho intramolecular Hbond substituents is 3. The largest absolute Gasteiger partial charge is 0.508 e. The summed E-state index contributed by atoms with van der Waals surface area (Å²) >= 11 is 0. The molecule has 3 heterocycles. The molecule has 9 atom stereocenters. The van der Waals surface area contributed by atoms with Gasteiger partial charge >= 0.3 is 11.8 Å². The van der Waals surface area contributed by atoms with Crippen molar-refractivity contribution in [2.24, 2.45) is 23.7 Å². The van der Waals surface area contributed by atoms with Crippen molar-refractivity contribution in [2.75, 3.05) is 31.0 Å². The zero-order valence-electron chi connectivity index (χ0n) is 36.5. The molecule has 0 saturated carbocycles. The van der Waals surface area contributed by atoms with Crippen LogP contribution in [-0.2, 0) is 28.6 Å². The normalized spacial score (nSPS) is 28.4. The highest BCUT2D eigenvalue weighted by Crippen LogP contribution is 2.54. The number of aliphatic hydroxyl groups is 2. The van der Waals surface area contributed by atoms with Crippen LogP contribution in [0.15, 0.2) is 66.5 Å². The van der Waals surface area contributed by atoms with Gasteiger partial charge in [-0.25, -0.2) is 0 Å². The van der Waals surface area contributed by atoms with Crippen LogP contribution in [0.25, 0.3) is 10.8 Å². The molecule has 9 unspecified atom stereocenters. The van der Waals surface area contributed by atoms with E-state index in [1.165, 1.54) is 95.5 Å². The molecule has 0 saturated heterocycles. The van der Waals surface area contributed by atoms with Gasteiger partial charge in [-0.3, -0.25) is 19.2 Å². The van der Waals surface area contributed by atoms with Gasteiger partial charge in [0.05, 0.1) is 41.2 Å². The van der Waals surface area contributed by atoms with E-state index in [9.17, 15) is 44.7 Å². The quantitative estimate of drug-likeness (QED) is 0.127. The molecule has 16 nitrogen and oxygen atoms in total. The third-order valence-corrected chi connectivity index (χ3v) is 11.8. The first-order chi connectivity index (χ1) is 29.1. The number of hydrogen-bond donors (Lipinski definition) is 6. The number of methoxy groups -OCH3 is 1. The molecule has 0 radical (unpaired) electrons. The van der Waals surface area contributed by atoms with Gasteiger partial charge in [0, 0.05) is 80.0 Å². The van der Waals surface area contributed by atoms with E-state index in [0.717, 1.165) is 0 Å². The van der Waals surface area contributed by atoms with Crippen LogP contribution in [-0.4, -0.2) is 100 Å². The number of hydrogen-bond acceptors (Lipinski definition) is 14. The van der Waals surface area contributed by atoms with Crippen LogP contribution in [0, 0.1) is 30.6 Å². The van der Waals surface area contributed by atoms with Crippen LogP contribution in [0.2, 0.25) is 0 Å². The third-order valence-electron chi connectivity index (χ3n) is 11.8. The van der Waals surface area contributed by atoms with Gasteiger partial charge in [-0.1, -0.05) is 45.9 Å². The number of carbonyl (C=O) groups excluding carboxylic acids is 4. The Morgan fingerprint density at radius 3 is 2.21 bits per heavy atom. The summed E-state index contributed by atoms with van der Waals surface area (Å²) in [5, 5.41) is 58.2. The molecule has 0 fully saturated rings. The van der Waals surface area contributed by atoms with Gasteiger partial charge in [-0.15, -0.1) is 0 Å². The second-order valence-corrected chi connectivity index (χ2v) is 16.2. The number of phenols is 3. The SMILES string of the molecule is COC1/C=C\OC2(C)Oc3c(C)c(O)c4c(O)c(cc(OCC(=O)N(C)c5ccc(O)cc5)c4c3C2=O)NC(=O)/C(C)=C\C=CC(C)C(O)C(C)C(O)C(C)C(OC(C)=O)C1C. The van der Waals surface area contributed by atoms with Crippen LogP contribution in [0.3, 0.4) is 0 Å². The number of aromatic hydroxyl groups is 3. The Balaban J connectivity index is 1.66. The number of likely N-dealkylation sites (N-methyl/N-ethyl adjacent to an activating group) is 1. The number of ketones is 1. The zero-order valence-corrected chi connectivity index (χ0v) is 36.5. The number of Topliss-reactive ketones (excluding diaryl/α,β-unsaturated/α-hetero) is 1. The van der Waals surface area contributed by atoms with E-state index in [4.69, 9.17) is 23.7 Å². The molecule has 2 amide bonds. The Bertz CT molecular complexity index is 2300. The molecular formula is C46H56N2O14. The summed E-state index contributed by atoms with van der Waals surface area (Å²) < 4.78 is 29.7. The molecule has 62 heavy (non-hydrogen) atoms. The number of rotatable bonds is 6.